The molecule has 1 nitrogen and oxygen atoms in total. The second kappa shape index (κ2) is 4.13. The van der Waals surface area contributed by atoms with Crippen molar-refractivity contribution in [2.45, 2.75) is 5.75 Å². The summed E-state index contributed by atoms with van der Waals surface area (Å²) in [5.41, 5.74) is 1.03. The Morgan fingerprint density at radius 1 is 1.58 bits per heavy atom. The fraction of sp³-hybridized carbons (Fsp3) is 0.222. The van der Waals surface area contributed by atoms with Crippen molar-refractivity contribution in [1.82, 2.24) is 0 Å². The second-order valence-electron chi connectivity index (χ2n) is 2.35. The fourth-order valence-corrected chi connectivity index (χ4v) is 1.43. The largest absolute Gasteiger partial charge is 0.207 e. The highest BCUT2D eigenvalue weighted by Crippen LogP contribution is 2.14. The molecule has 0 bridgehead atoms. The van der Waals surface area contributed by atoms with E-state index >= 15 is 0 Å². The highest BCUT2D eigenvalue weighted by molar-refractivity contribution is 7.97. The Hall–Kier alpha value is -1.01. The summed E-state index contributed by atoms with van der Waals surface area (Å²) in [7, 11) is 0. The van der Waals surface area contributed by atoms with Crippen LogP contribution in [-0.4, -0.2) is 6.26 Å². The van der Waals surface area contributed by atoms with E-state index in [0.717, 1.165) is 0 Å². The summed E-state index contributed by atoms with van der Waals surface area (Å²) in [6.45, 7) is 0. The topological polar surface area (TPSA) is 23.8 Å². The van der Waals surface area contributed by atoms with E-state index in [9.17, 15) is 4.39 Å². The van der Waals surface area contributed by atoms with Crippen molar-refractivity contribution in [3.05, 3.63) is 35.1 Å². The molecule has 0 saturated carbocycles. The van der Waals surface area contributed by atoms with Crippen LogP contribution < -0.4 is 0 Å². The molecule has 0 aromatic heterocycles. The van der Waals surface area contributed by atoms with Crippen molar-refractivity contribution < 1.29 is 4.39 Å². The van der Waals surface area contributed by atoms with Gasteiger partial charge in [-0.25, -0.2) is 4.39 Å². The highest BCUT2D eigenvalue weighted by Gasteiger charge is 2.01. The molecule has 0 saturated heterocycles. The minimum atomic E-state index is -0.289. The predicted octanol–water partition coefficient (Wildman–Crippen LogP) is 2.56. The lowest BCUT2D eigenvalue weighted by Gasteiger charge is -1.99. The Morgan fingerprint density at radius 2 is 2.33 bits per heavy atom. The molecule has 1 aromatic carbocycles. The van der Waals surface area contributed by atoms with Crippen LogP contribution in [0.4, 0.5) is 4.39 Å². The number of hydrogen-bond donors (Lipinski definition) is 0. The molecule has 0 aliphatic rings. The van der Waals surface area contributed by atoms with Gasteiger partial charge in [-0.05, 0) is 24.0 Å². The van der Waals surface area contributed by atoms with Gasteiger partial charge in [-0.15, -0.1) is 0 Å². The van der Waals surface area contributed by atoms with Crippen LogP contribution in [-0.2, 0) is 5.75 Å². The first-order chi connectivity index (χ1) is 5.77. The molecule has 0 radical (unpaired) electrons. The minimum Gasteiger partial charge on any atom is -0.207 e. The Balaban J connectivity index is 2.97. The van der Waals surface area contributed by atoms with Crippen LogP contribution in [0.1, 0.15) is 11.1 Å². The molecule has 0 atom stereocenters. The second-order valence-corrected chi connectivity index (χ2v) is 3.22. The summed E-state index contributed by atoms with van der Waals surface area (Å²) in [5.74, 6) is 0.362. The third-order valence-corrected chi connectivity index (χ3v) is 2.08. The quantitative estimate of drug-likeness (QED) is 0.700. The third-order valence-electron chi connectivity index (χ3n) is 1.48. The molecule has 0 aliphatic heterocycles. The van der Waals surface area contributed by atoms with Gasteiger partial charge in [-0.1, -0.05) is 6.07 Å². The summed E-state index contributed by atoms with van der Waals surface area (Å²) in [6.07, 6.45) is 1.91. The average Bonchev–Trinajstić information content (AvgIpc) is 2.09. The zero-order valence-corrected chi connectivity index (χ0v) is 7.49. The molecule has 0 fully saturated rings. The first-order valence-corrected chi connectivity index (χ1v) is 4.84. The van der Waals surface area contributed by atoms with Gasteiger partial charge in [0.2, 0.25) is 0 Å². The first-order valence-electron chi connectivity index (χ1n) is 3.45. The molecule has 62 valence electrons. The van der Waals surface area contributed by atoms with Gasteiger partial charge >= 0.3 is 0 Å². The highest BCUT2D eigenvalue weighted by atomic mass is 32.2. The summed E-state index contributed by atoms with van der Waals surface area (Å²) >= 11 is 1.56. The van der Waals surface area contributed by atoms with Gasteiger partial charge in [0.15, 0.2) is 0 Å². The number of halogens is 1. The Kier molecular flexibility index (Phi) is 3.12. The normalized spacial score (nSPS) is 9.42. The Labute approximate surface area is 75.2 Å². The maximum atomic E-state index is 13.1. The molecular formula is C9H8FNS. The van der Waals surface area contributed by atoms with E-state index < -0.39 is 0 Å². The number of nitriles is 1. The number of benzene rings is 1. The van der Waals surface area contributed by atoms with Gasteiger partial charge in [0.05, 0.1) is 11.6 Å². The van der Waals surface area contributed by atoms with Crippen molar-refractivity contribution in [2.75, 3.05) is 6.26 Å². The molecule has 1 rings (SSSR count). The van der Waals surface area contributed by atoms with E-state index in [4.69, 9.17) is 5.26 Å². The SMILES string of the molecule is CSCc1ccc(C#N)cc1F. The van der Waals surface area contributed by atoms with Crippen LogP contribution in [0.3, 0.4) is 0 Å². The summed E-state index contributed by atoms with van der Waals surface area (Å²) in [5, 5.41) is 8.46. The van der Waals surface area contributed by atoms with Crippen LogP contribution in [0.5, 0.6) is 0 Å². The molecule has 0 unspecified atom stereocenters. The van der Waals surface area contributed by atoms with Crippen molar-refractivity contribution in [1.29, 1.82) is 5.26 Å². The van der Waals surface area contributed by atoms with E-state index in [-0.39, 0.29) is 5.82 Å². The Morgan fingerprint density at radius 3 is 2.83 bits per heavy atom. The predicted molar refractivity (Wildman–Crippen MR) is 48.3 cm³/mol. The third kappa shape index (κ3) is 1.99. The van der Waals surface area contributed by atoms with E-state index in [0.29, 0.717) is 16.9 Å². The monoisotopic (exact) mass is 181 g/mol. The lowest BCUT2D eigenvalue weighted by atomic mass is 10.1. The van der Waals surface area contributed by atoms with Gasteiger partial charge in [0.25, 0.3) is 0 Å². The maximum absolute atomic E-state index is 13.1. The van der Waals surface area contributed by atoms with Crippen LogP contribution in [0.15, 0.2) is 18.2 Å². The van der Waals surface area contributed by atoms with Gasteiger partial charge < -0.3 is 0 Å². The zero-order valence-electron chi connectivity index (χ0n) is 6.67. The molecule has 0 amide bonds. The standard InChI is InChI=1S/C9H8FNS/c1-12-6-8-3-2-7(5-11)4-9(8)10/h2-4H,6H2,1H3. The fourth-order valence-electron chi connectivity index (χ4n) is 0.889. The van der Waals surface area contributed by atoms with Crippen molar-refractivity contribution >= 4 is 11.8 Å². The van der Waals surface area contributed by atoms with E-state index in [1.54, 1.807) is 23.9 Å². The van der Waals surface area contributed by atoms with Crippen LogP contribution in [0.25, 0.3) is 0 Å². The number of nitrogens with zero attached hydrogens (tertiary/aromatic N) is 1. The molecule has 0 spiro atoms. The number of hydrogen-bond acceptors (Lipinski definition) is 2. The molecule has 12 heavy (non-hydrogen) atoms. The molecule has 3 heteroatoms. The van der Waals surface area contributed by atoms with Crippen molar-refractivity contribution in [3.63, 3.8) is 0 Å². The van der Waals surface area contributed by atoms with Crippen LogP contribution >= 0.6 is 11.8 Å². The van der Waals surface area contributed by atoms with Crippen LogP contribution in [0, 0.1) is 17.1 Å². The summed E-state index contributed by atoms with van der Waals surface area (Å²) in [4.78, 5) is 0. The van der Waals surface area contributed by atoms with E-state index in [1.807, 2.05) is 12.3 Å². The Bertz CT molecular complexity index is 317. The lowest BCUT2D eigenvalue weighted by molar-refractivity contribution is 0.617. The maximum Gasteiger partial charge on any atom is 0.128 e. The smallest absolute Gasteiger partial charge is 0.128 e. The zero-order chi connectivity index (χ0) is 8.97. The van der Waals surface area contributed by atoms with Crippen molar-refractivity contribution in [2.24, 2.45) is 0 Å². The number of rotatable bonds is 2. The average molecular weight is 181 g/mol. The van der Waals surface area contributed by atoms with Gasteiger partial charge in [-0.3, -0.25) is 0 Å². The molecule has 0 aliphatic carbocycles. The van der Waals surface area contributed by atoms with Gasteiger partial charge in [0, 0.05) is 5.75 Å². The minimum absolute atomic E-state index is 0.289. The van der Waals surface area contributed by atoms with E-state index in [1.165, 1.54) is 6.07 Å². The van der Waals surface area contributed by atoms with Crippen molar-refractivity contribution in [3.8, 4) is 6.07 Å². The van der Waals surface area contributed by atoms with Gasteiger partial charge in [-0.2, -0.15) is 17.0 Å². The molecule has 1 aromatic rings. The molecular weight excluding hydrogens is 173 g/mol. The van der Waals surface area contributed by atoms with Gasteiger partial charge in [0.1, 0.15) is 5.82 Å². The molecule has 0 heterocycles. The summed E-state index contributed by atoms with van der Waals surface area (Å²) in [6, 6.07) is 6.45. The summed E-state index contributed by atoms with van der Waals surface area (Å²) < 4.78 is 13.1. The van der Waals surface area contributed by atoms with E-state index in [2.05, 4.69) is 0 Å². The van der Waals surface area contributed by atoms with Crippen LogP contribution in [0.2, 0.25) is 0 Å². The first kappa shape index (κ1) is 9.08. The number of thioether (sulfide) groups is 1. The molecule has 0 N–H and O–H groups in total. The lowest BCUT2D eigenvalue weighted by Crippen LogP contribution is -1.88.